The van der Waals surface area contributed by atoms with E-state index in [4.69, 9.17) is 18.9 Å². The Hall–Kier alpha value is -4.37. The van der Waals surface area contributed by atoms with Gasteiger partial charge in [0.15, 0.2) is 23.0 Å². The summed E-state index contributed by atoms with van der Waals surface area (Å²) in [6.07, 6.45) is 1.69. The highest BCUT2D eigenvalue weighted by Crippen LogP contribution is 2.40. The van der Waals surface area contributed by atoms with Gasteiger partial charge in [0.1, 0.15) is 0 Å². The zero-order valence-corrected chi connectivity index (χ0v) is 23.7. The van der Waals surface area contributed by atoms with Crippen LogP contribution in [0.2, 0.25) is 0 Å². The van der Waals surface area contributed by atoms with Crippen molar-refractivity contribution in [2.75, 3.05) is 71.4 Å². The Morgan fingerprint density at radius 1 is 0.850 bits per heavy atom. The van der Waals surface area contributed by atoms with E-state index < -0.39 is 0 Å². The third kappa shape index (κ3) is 6.43. The lowest BCUT2D eigenvalue weighted by atomic mass is 10.00. The van der Waals surface area contributed by atoms with Crippen molar-refractivity contribution in [3.63, 3.8) is 0 Å². The van der Waals surface area contributed by atoms with E-state index in [2.05, 4.69) is 22.0 Å². The molecule has 0 atom stereocenters. The number of aromatic hydroxyl groups is 1. The molecule has 0 aliphatic carbocycles. The van der Waals surface area contributed by atoms with Crippen LogP contribution in [0.15, 0.2) is 54.6 Å². The quantitative estimate of drug-likeness (QED) is 0.278. The van der Waals surface area contributed by atoms with Gasteiger partial charge in [0.05, 0.1) is 28.4 Å². The topological polar surface area (TPSA) is 92.7 Å². The molecule has 212 valence electrons. The summed E-state index contributed by atoms with van der Waals surface area (Å²) in [5, 5.41) is 13.3. The third-order valence-electron chi connectivity index (χ3n) is 7.04. The van der Waals surface area contributed by atoms with Gasteiger partial charge in [-0.15, -0.1) is 0 Å². The van der Waals surface area contributed by atoms with Gasteiger partial charge in [-0.1, -0.05) is 13.0 Å². The molecule has 2 N–H and O–H groups in total. The molecular weight excluding hydrogens is 510 g/mol. The van der Waals surface area contributed by atoms with Gasteiger partial charge >= 0.3 is 0 Å². The lowest BCUT2D eigenvalue weighted by Crippen LogP contribution is -2.46. The number of likely N-dealkylation sites (N-methyl/N-ethyl adjacent to an activating group) is 1. The number of carbonyl (C=O) groups is 1. The summed E-state index contributed by atoms with van der Waals surface area (Å²) in [5.41, 5.74) is 3.29. The van der Waals surface area contributed by atoms with Crippen LogP contribution in [0, 0.1) is 0 Å². The van der Waals surface area contributed by atoms with Gasteiger partial charge in [0.2, 0.25) is 5.75 Å². The molecular formula is C31H37N3O6. The van der Waals surface area contributed by atoms with Gasteiger partial charge in [-0.05, 0) is 72.3 Å². The number of anilines is 2. The van der Waals surface area contributed by atoms with Crippen molar-refractivity contribution in [2.45, 2.75) is 6.92 Å². The van der Waals surface area contributed by atoms with Crippen molar-refractivity contribution in [1.29, 1.82) is 0 Å². The zero-order chi connectivity index (χ0) is 28.6. The Morgan fingerprint density at radius 3 is 2.00 bits per heavy atom. The maximum atomic E-state index is 13.7. The molecule has 1 aliphatic heterocycles. The number of nitrogens with zero attached hydrogens (tertiary/aromatic N) is 2. The summed E-state index contributed by atoms with van der Waals surface area (Å²) in [6.45, 7) is 7.28. The molecule has 0 aromatic heterocycles. The first kappa shape index (κ1) is 28.6. The molecule has 0 radical (unpaired) electrons. The monoisotopic (exact) mass is 547 g/mol. The first-order valence-electron chi connectivity index (χ1n) is 13.2. The minimum Gasteiger partial charge on any atom is -0.504 e. The van der Waals surface area contributed by atoms with Crippen molar-refractivity contribution in [3.8, 4) is 28.7 Å². The number of hydrogen-bond acceptors (Lipinski definition) is 8. The maximum absolute atomic E-state index is 13.7. The van der Waals surface area contributed by atoms with Crippen LogP contribution in [0.1, 0.15) is 18.1 Å². The Kier molecular flexibility index (Phi) is 9.39. The summed E-state index contributed by atoms with van der Waals surface area (Å²) < 4.78 is 21.7. The molecule has 0 bridgehead atoms. The van der Waals surface area contributed by atoms with E-state index in [0.717, 1.165) is 38.4 Å². The molecule has 1 fully saturated rings. The average molecular weight is 548 g/mol. The molecule has 1 aliphatic rings. The highest BCUT2D eigenvalue weighted by molar-refractivity contribution is 6.29. The van der Waals surface area contributed by atoms with E-state index in [9.17, 15) is 9.90 Å². The van der Waals surface area contributed by atoms with Crippen molar-refractivity contribution in [1.82, 2.24) is 4.90 Å². The molecule has 3 aromatic carbocycles. The normalized spacial score (nSPS) is 14.0. The predicted octanol–water partition coefficient (Wildman–Crippen LogP) is 4.75. The van der Waals surface area contributed by atoms with Crippen molar-refractivity contribution in [3.05, 3.63) is 65.7 Å². The fraction of sp³-hybridized carbons (Fsp3) is 0.323. The second-order valence-electron chi connectivity index (χ2n) is 9.33. The summed E-state index contributed by atoms with van der Waals surface area (Å²) >= 11 is 0. The van der Waals surface area contributed by atoms with E-state index in [1.807, 2.05) is 24.3 Å². The molecule has 9 nitrogen and oxygen atoms in total. The van der Waals surface area contributed by atoms with E-state index in [-0.39, 0.29) is 11.7 Å². The fourth-order valence-electron chi connectivity index (χ4n) is 4.76. The summed E-state index contributed by atoms with van der Waals surface area (Å²) in [6, 6.07) is 16.3. The first-order valence-corrected chi connectivity index (χ1v) is 13.2. The van der Waals surface area contributed by atoms with Gasteiger partial charge in [0.25, 0.3) is 5.91 Å². The molecule has 0 saturated carbocycles. The van der Waals surface area contributed by atoms with Crippen LogP contribution in [0.3, 0.4) is 0 Å². The zero-order valence-electron chi connectivity index (χ0n) is 23.7. The Labute approximate surface area is 235 Å². The number of piperazine rings is 1. The van der Waals surface area contributed by atoms with Crippen LogP contribution in [-0.2, 0) is 4.79 Å². The lowest BCUT2D eigenvalue weighted by Gasteiger charge is -2.35. The summed E-state index contributed by atoms with van der Waals surface area (Å²) in [7, 11) is 6.05. The number of phenols is 1. The van der Waals surface area contributed by atoms with E-state index in [1.165, 1.54) is 34.5 Å². The molecule has 1 saturated heterocycles. The maximum Gasteiger partial charge on any atom is 0.256 e. The SMILES string of the molecule is CCN1CCN(c2ccc(NC(=O)/C(=C/c3ccc(OC)c(O)c3)c3cc(OC)c(OC)c(OC)c3)cc2)CC1. The number of benzene rings is 3. The number of hydrogen-bond donors (Lipinski definition) is 2. The van der Waals surface area contributed by atoms with Gasteiger partial charge in [-0.3, -0.25) is 4.79 Å². The number of nitrogens with one attached hydrogen (secondary N) is 1. The molecule has 3 aromatic rings. The van der Waals surface area contributed by atoms with Crippen molar-refractivity contribution in [2.24, 2.45) is 0 Å². The highest BCUT2D eigenvalue weighted by atomic mass is 16.5. The average Bonchev–Trinajstić information content (AvgIpc) is 2.99. The largest absolute Gasteiger partial charge is 0.504 e. The van der Waals surface area contributed by atoms with Gasteiger partial charge in [0, 0.05) is 43.1 Å². The highest BCUT2D eigenvalue weighted by Gasteiger charge is 2.20. The summed E-state index contributed by atoms with van der Waals surface area (Å²) in [4.78, 5) is 18.5. The second kappa shape index (κ2) is 13.1. The molecule has 1 amide bonds. The number of ether oxygens (including phenoxy) is 4. The van der Waals surface area contributed by atoms with E-state index >= 15 is 0 Å². The number of rotatable bonds is 10. The number of methoxy groups -OCH3 is 4. The second-order valence-corrected chi connectivity index (χ2v) is 9.33. The first-order chi connectivity index (χ1) is 19.4. The Balaban J connectivity index is 1.66. The Morgan fingerprint density at radius 2 is 1.48 bits per heavy atom. The smallest absolute Gasteiger partial charge is 0.256 e. The van der Waals surface area contributed by atoms with E-state index in [1.54, 1.807) is 30.3 Å². The number of amides is 1. The fourth-order valence-corrected chi connectivity index (χ4v) is 4.76. The van der Waals surface area contributed by atoms with Gasteiger partial charge in [-0.2, -0.15) is 0 Å². The van der Waals surface area contributed by atoms with Gasteiger partial charge < -0.3 is 39.2 Å². The molecule has 1 heterocycles. The standard InChI is InChI=1S/C31H37N3O6/c1-6-33-13-15-34(16-14-33)24-10-8-23(9-11-24)32-31(36)25(17-21-7-12-27(37-2)26(35)18-21)22-19-28(38-3)30(40-5)29(20-22)39-4/h7-12,17-20,35H,6,13-16H2,1-5H3,(H,32,36)/b25-17+. The van der Waals surface area contributed by atoms with Crippen LogP contribution in [0.5, 0.6) is 28.7 Å². The number of phenolic OH excluding ortho intramolecular Hbond substituents is 1. The number of carbonyl (C=O) groups excluding carboxylic acids is 1. The van der Waals surface area contributed by atoms with Crippen molar-refractivity contribution < 1.29 is 28.8 Å². The third-order valence-corrected chi connectivity index (χ3v) is 7.04. The van der Waals surface area contributed by atoms with Gasteiger partial charge in [-0.25, -0.2) is 0 Å². The molecule has 40 heavy (non-hydrogen) atoms. The van der Waals surface area contributed by atoms with Crippen molar-refractivity contribution >= 4 is 28.9 Å². The predicted molar refractivity (Wildman–Crippen MR) is 158 cm³/mol. The molecule has 4 rings (SSSR count). The van der Waals surface area contributed by atoms with E-state index in [0.29, 0.717) is 45.4 Å². The summed E-state index contributed by atoms with van der Waals surface area (Å²) in [5.74, 6) is 1.23. The Bertz CT molecular complexity index is 1320. The van der Waals surface area contributed by atoms with Crippen LogP contribution >= 0.6 is 0 Å². The molecule has 0 unspecified atom stereocenters. The minimum atomic E-state index is -0.339. The van der Waals surface area contributed by atoms with Crippen LogP contribution < -0.4 is 29.2 Å². The molecule has 9 heteroatoms. The van der Waals surface area contributed by atoms with Crippen LogP contribution in [0.25, 0.3) is 11.6 Å². The minimum absolute atomic E-state index is 0.0312. The molecule has 0 spiro atoms. The lowest BCUT2D eigenvalue weighted by molar-refractivity contribution is -0.111. The van der Waals surface area contributed by atoms with Crippen LogP contribution in [-0.4, -0.2) is 77.1 Å². The van der Waals surface area contributed by atoms with Crippen LogP contribution in [0.4, 0.5) is 11.4 Å².